The molecular formula is C22H19ClFNO2. The molecule has 3 rings (SSSR count). The summed E-state index contributed by atoms with van der Waals surface area (Å²) in [5, 5.41) is 0.630. The molecule has 0 spiro atoms. The van der Waals surface area contributed by atoms with E-state index in [0.29, 0.717) is 33.8 Å². The highest BCUT2D eigenvalue weighted by Crippen LogP contribution is 2.27. The molecule has 138 valence electrons. The molecular weight excluding hydrogens is 365 g/mol. The molecule has 0 unspecified atom stereocenters. The third kappa shape index (κ3) is 4.17. The summed E-state index contributed by atoms with van der Waals surface area (Å²) in [6.07, 6.45) is 1.91. The van der Waals surface area contributed by atoms with Gasteiger partial charge in [0.1, 0.15) is 5.82 Å². The van der Waals surface area contributed by atoms with Gasteiger partial charge < -0.3 is 4.74 Å². The van der Waals surface area contributed by atoms with Crippen molar-refractivity contribution in [1.82, 2.24) is 4.98 Å². The molecule has 0 aliphatic heterocycles. The molecule has 1 heterocycles. The van der Waals surface area contributed by atoms with Gasteiger partial charge in [0.2, 0.25) is 0 Å². The monoisotopic (exact) mass is 383 g/mol. The molecule has 0 radical (unpaired) electrons. The number of carbonyl (C=O) groups excluding carboxylic acids is 1. The van der Waals surface area contributed by atoms with Crippen LogP contribution in [0.1, 0.15) is 32.6 Å². The minimum atomic E-state index is -0.470. The van der Waals surface area contributed by atoms with Gasteiger partial charge in [0, 0.05) is 16.8 Å². The lowest BCUT2D eigenvalue weighted by Gasteiger charge is -2.12. The van der Waals surface area contributed by atoms with Gasteiger partial charge in [-0.1, -0.05) is 35.9 Å². The van der Waals surface area contributed by atoms with E-state index in [1.807, 2.05) is 25.1 Å². The molecule has 0 bridgehead atoms. The smallest absolute Gasteiger partial charge is 0.339 e. The van der Waals surface area contributed by atoms with Gasteiger partial charge in [-0.25, -0.2) is 9.18 Å². The van der Waals surface area contributed by atoms with E-state index in [1.165, 1.54) is 19.4 Å². The van der Waals surface area contributed by atoms with Crippen LogP contribution in [0.3, 0.4) is 0 Å². The Bertz CT molecular complexity index is 1020. The van der Waals surface area contributed by atoms with Gasteiger partial charge in [0.15, 0.2) is 0 Å². The number of ether oxygens (including phenoxy) is 1. The van der Waals surface area contributed by atoms with Gasteiger partial charge in [0.05, 0.1) is 18.4 Å². The number of hydrogen-bond donors (Lipinski definition) is 0. The topological polar surface area (TPSA) is 39.2 Å². The fourth-order valence-electron chi connectivity index (χ4n) is 2.85. The van der Waals surface area contributed by atoms with Crippen LogP contribution in [-0.4, -0.2) is 18.1 Å². The van der Waals surface area contributed by atoms with Gasteiger partial charge in [-0.05, 0) is 60.7 Å². The van der Waals surface area contributed by atoms with Gasteiger partial charge in [0.25, 0.3) is 0 Å². The summed E-state index contributed by atoms with van der Waals surface area (Å²) in [5.74, 6) is -0.767. The van der Waals surface area contributed by atoms with E-state index in [-0.39, 0.29) is 5.82 Å². The molecule has 0 N–H and O–H groups in total. The van der Waals surface area contributed by atoms with Crippen molar-refractivity contribution in [2.24, 2.45) is 0 Å². The average molecular weight is 384 g/mol. The van der Waals surface area contributed by atoms with Crippen LogP contribution in [0.5, 0.6) is 0 Å². The van der Waals surface area contributed by atoms with E-state index >= 15 is 0 Å². The third-order valence-electron chi connectivity index (χ3n) is 4.45. The molecule has 0 saturated carbocycles. The molecule has 2 aromatic carbocycles. The van der Waals surface area contributed by atoms with Crippen molar-refractivity contribution in [3.63, 3.8) is 0 Å². The molecule has 0 aliphatic carbocycles. The Morgan fingerprint density at radius 2 is 1.89 bits per heavy atom. The lowest BCUT2D eigenvalue weighted by molar-refractivity contribution is 0.0599. The van der Waals surface area contributed by atoms with Crippen LogP contribution in [0.25, 0.3) is 11.3 Å². The first-order valence-electron chi connectivity index (χ1n) is 8.48. The second-order valence-electron chi connectivity index (χ2n) is 6.45. The van der Waals surface area contributed by atoms with E-state index in [1.54, 1.807) is 25.1 Å². The Morgan fingerprint density at radius 3 is 2.56 bits per heavy atom. The van der Waals surface area contributed by atoms with Crippen molar-refractivity contribution in [3.8, 4) is 11.3 Å². The molecule has 3 aromatic rings. The molecule has 0 atom stereocenters. The second kappa shape index (κ2) is 7.89. The number of pyridine rings is 1. The maximum Gasteiger partial charge on any atom is 0.339 e. The van der Waals surface area contributed by atoms with Crippen LogP contribution >= 0.6 is 11.6 Å². The number of esters is 1. The molecule has 1 aromatic heterocycles. The van der Waals surface area contributed by atoms with E-state index < -0.39 is 5.97 Å². The molecule has 0 fully saturated rings. The summed E-state index contributed by atoms with van der Waals surface area (Å²) >= 11 is 6.36. The first kappa shape index (κ1) is 19.1. The van der Waals surface area contributed by atoms with Crippen LogP contribution in [0.15, 0.2) is 48.7 Å². The molecule has 0 aliphatic rings. The van der Waals surface area contributed by atoms with E-state index in [9.17, 15) is 9.18 Å². The lowest BCUT2D eigenvalue weighted by Crippen LogP contribution is -2.08. The van der Waals surface area contributed by atoms with Gasteiger partial charge in [-0.2, -0.15) is 0 Å². The Hall–Kier alpha value is -2.72. The standard InChI is InChI=1S/C22H19ClFNO2/c1-13-4-6-15(19(23)8-13)9-17-11-21(25-12-18(17)22(26)27-3)16-7-5-14(2)20(24)10-16/h4-8,10-12H,9H2,1-3H3. The second-order valence-corrected chi connectivity index (χ2v) is 6.86. The Labute approximate surface area is 162 Å². The predicted octanol–water partition coefficient (Wildman–Crippen LogP) is 5.54. The normalized spacial score (nSPS) is 10.7. The third-order valence-corrected chi connectivity index (χ3v) is 4.80. The highest BCUT2D eigenvalue weighted by molar-refractivity contribution is 6.31. The Morgan fingerprint density at radius 1 is 1.11 bits per heavy atom. The SMILES string of the molecule is COC(=O)c1cnc(-c2ccc(C)c(F)c2)cc1Cc1ccc(C)cc1Cl. The maximum atomic E-state index is 13.9. The summed E-state index contributed by atoms with van der Waals surface area (Å²) in [4.78, 5) is 16.5. The molecule has 0 saturated heterocycles. The quantitative estimate of drug-likeness (QED) is 0.555. The molecule has 0 amide bonds. The van der Waals surface area contributed by atoms with E-state index in [4.69, 9.17) is 16.3 Å². The summed E-state index contributed by atoms with van der Waals surface area (Å²) < 4.78 is 18.8. The molecule has 5 heteroatoms. The van der Waals surface area contributed by atoms with Gasteiger partial charge in [-0.3, -0.25) is 4.98 Å². The van der Waals surface area contributed by atoms with Crippen LogP contribution < -0.4 is 0 Å². The summed E-state index contributed by atoms with van der Waals surface area (Å²) in [5.41, 5.74) is 4.83. The number of nitrogens with zero attached hydrogens (tertiary/aromatic N) is 1. The van der Waals surface area contributed by atoms with Crippen LogP contribution in [0.2, 0.25) is 5.02 Å². The predicted molar refractivity (Wildman–Crippen MR) is 105 cm³/mol. The zero-order chi connectivity index (χ0) is 19.6. The number of rotatable bonds is 4. The minimum Gasteiger partial charge on any atom is -0.465 e. The summed E-state index contributed by atoms with van der Waals surface area (Å²) in [6, 6.07) is 12.5. The van der Waals surface area contributed by atoms with Crippen molar-refractivity contribution in [1.29, 1.82) is 0 Å². The average Bonchev–Trinajstić information content (AvgIpc) is 2.65. The van der Waals surface area contributed by atoms with Crippen LogP contribution in [0.4, 0.5) is 4.39 Å². The summed E-state index contributed by atoms with van der Waals surface area (Å²) in [6.45, 7) is 3.67. The number of aromatic nitrogens is 1. The van der Waals surface area contributed by atoms with Crippen molar-refractivity contribution < 1.29 is 13.9 Å². The highest BCUT2D eigenvalue weighted by atomic mass is 35.5. The molecule has 27 heavy (non-hydrogen) atoms. The van der Waals surface area contributed by atoms with Crippen LogP contribution in [-0.2, 0) is 11.2 Å². The fraction of sp³-hybridized carbons (Fsp3) is 0.182. The minimum absolute atomic E-state index is 0.297. The van der Waals surface area contributed by atoms with Crippen molar-refractivity contribution >= 4 is 17.6 Å². The number of aryl methyl sites for hydroxylation is 2. The van der Waals surface area contributed by atoms with Gasteiger partial charge >= 0.3 is 5.97 Å². The number of halogens is 2. The van der Waals surface area contributed by atoms with E-state index in [0.717, 1.165) is 16.7 Å². The highest BCUT2D eigenvalue weighted by Gasteiger charge is 2.16. The Kier molecular flexibility index (Phi) is 5.57. The lowest BCUT2D eigenvalue weighted by atomic mass is 9.98. The van der Waals surface area contributed by atoms with Crippen molar-refractivity contribution in [2.45, 2.75) is 20.3 Å². The largest absolute Gasteiger partial charge is 0.465 e. The van der Waals surface area contributed by atoms with E-state index in [2.05, 4.69) is 4.98 Å². The first-order valence-corrected chi connectivity index (χ1v) is 8.85. The summed E-state index contributed by atoms with van der Waals surface area (Å²) in [7, 11) is 1.33. The first-order chi connectivity index (χ1) is 12.9. The maximum absolute atomic E-state index is 13.9. The fourth-order valence-corrected chi connectivity index (χ4v) is 3.15. The van der Waals surface area contributed by atoms with Gasteiger partial charge in [-0.15, -0.1) is 0 Å². The molecule has 3 nitrogen and oxygen atoms in total. The zero-order valence-electron chi connectivity index (χ0n) is 15.3. The van der Waals surface area contributed by atoms with Crippen LogP contribution in [0, 0.1) is 19.7 Å². The van der Waals surface area contributed by atoms with Crippen molar-refractivity contribution in [3.05, 3.63) is 87.3 Å². The zero-order valence-corrected chi connectivity index (χ0v) is 16.1. The number of carbonyl (C=O) groups is 1. The van der Waals surface area contributed by atoms with Crippen molar-refractivity contribution in [2.75, 3.05) is 7.11 Å². The Balaban J connectivity index is 2.08. The number of methoxy groups -OCH3 is 1. The number of benzene rings is 2. The number of hydrogen-bond acceptors (Lipinski definition) is 3.